The van der Waals surface area contributed by atoms with Crippen LogP contribution in [0.15, 0.2) is 0 Å². The van der Waals surface area contributed by atoms with Gasteiger partial charge in [0.05, 0.1) is 5.60 Å². The Kier molecular flexibility index (Phi) is 2.18. The van der Waals surface area contributed by atoms with Crippen LogP contribution in [0.5, 0.6) is 0 Å². The van der Waals surface area contributed by atoms with E-state index in [-0.39, 0.29) is 5.60 Å². The lowest BCUT2D eigenvalue weighted by atomic mass is 9.68. The molecule has 2 aliphatic rings. The van der Waals surface area contributed by atoms with Crippen molar-refractivity contribution in [1.29, 1.82) is 0 Å². The maximum Gasteiger partial charge on any atom is 0.0655 e. The van der Waals surface area contributed by atoms with Crippen LogP contribution in [-0.2, 0) is 0 Å². The Morgan fingerprint density at radius 3 is 2.46 bits per heavy atom. The van der Waals surface area contributed by atoms with Gasteiger partial charge in [-0.05, 0) is 37.0 Å². The van der Waals surface area contributed by atoms with Gasteiger partial charge in [0, 0.05) is 0 Å². The third kappa shape index (κ3) is 2.46. The van der Waals surface area contributed by atoms with E-state index in [0.717, 1.165) is 25.2 Å². The molecule has 0 aromatic heterocycles. The second-order valence-electron chi connectivity index (χ2n) is 6.07. The smallest absolute Gasteiger partial charge is 0.0655 e. The van der Waals surface area contributed by atoms with E-state index in [4.69, 9.17) is 0 Å². The lowest BCUT2D eigenvalue weighted by Crippen LogP contribution is -2.39. The zero-order chi connectivity index (χ0) is 9.53. The maximum absolute atomic E-state index is 10.4. The highest BCUT2D eigenvalue weighted by molar-refractivity contribution is 4.94. The zero-order valence-electron chi connectivity index (χ0n) is 8.97. The highest BCUT2D eigenvalue weighted by Crippen LogP contribution is 2.47. The average Bonchev–Trinajstić information content (AvgIpc) is 2.67. The number of hydrogen-bond acceptors (Lipinski definition) is 1. The molecule has 2 saturated carbocycles. The Morgan fingerprint density at radius 1 is 1.23 bits per heavy atom. The Hall–Kier alpha value is -0.0400. The molecule has 0 radical (unpaired) electrons. The summed E-state index contributed by atoms with van der Waals surface area (Å²) in [7, 11) is 0. The van der Waals surface area contributed by atoms with Crippen molar-refractivity contribution in [3.63, 3.8) is 0 Å². The van der Waals surface area contributed by atoms with Crippen LogP contribution in [0.25, 0.3) is 0 Å². The molecule has 0 spiro atoms. The van der Waals surface area contributed by atoms with Gasteiger partial charge in [-0.1, -0.05) is 33.1 Å². The Bertz CT molecular complexity index is 193. The average molecular weight is 182 g/mol. The van der Waals surface area contributed by atoms with Crippen molar-refractivity contribution in [2.75, 3.05) is 0 Å². The molecule has 2 rings (SSSR count). The lowest BCUT2D eigenvalue weighted by molar-refractivity contribution is -0.0487. The number of aliphatic hydroxyl groups is 1. The van der Waals surface area contributed by atoms with Gasteiger partial charge in [-0.15, -0.1) is 0 Å². The Labute approximate surface area is 81.5 Å². The molecule has 0 amide bonds. The van der Waals surface area contributed by atoms with Crippen LogP contribution in [-0.4, -0.2) is 10.7 Å². The first-order chi connectivity index (χ1) is 5.99. The van der Waals surface area contributed by atoms with Crippen LogP contribution < -0.4 is 0 Å². The van der Waals surface area contributed by atoms with Gasteiger partial charge in [0.25, 0.3) is 0 Å². The van der Waals surface area contributed by atoms with Crippen LogP contribution in [0.3, 0.4) is 0 Å². The van der Waals surface area contributed by atoms with Crippen molar-refractivity contribution in [2.24, 2.45) is 11.3 Å². The normalized spacial score (nSPS) is 39.0. The summed E-state index contributed by atoms with van der Waals surface area (Å²) < 4.78 is 0. The van der Waals surface area contributed by atoms with E-state index in [2.05, 4.69) is 13.8 Å². The molecule has 76 valence electrons. The molecule has 1 nitrogen and oxygen atoms in total. The molecular formula is C12H22O. The van der Waals surface area contributed by atoms with E-state index in [9.17, 15) is 5.11 Å². The molecule has 0 bridgehead atoms. The van der Waals surface area contributed by atoms with Crippen molar-refractivity contribution in [3.05, 3.63) is 0 Å². The van der Waals surface area contributed by atoms with Crippen molar-refractivity contribution in [1.82, 2.24) is 0 Å². The third-order valence-corrected chi connectivity index (χ3v) is 3.67. The summed E-state index contributed by atoms with van der Waals surface area (Å²) in [6, 6.07) is 0. The largest absolute Gasteiger partial charge is 0.390 e. The van der Waals surface area contributed by atoms with E-state index in [1.807, 2.05) is 0 Å². The van der Waals surface area contributed by atoms with Gasteiger partial charge >= 0.3 is 0 Å². The molecule has 1 atom stereocenters. The topological polar surface area (TPSA) is 20.2 Å². The van der Waals surface area contributed by atoms with Gasteiger partial charge in [-0.2, -0.15) is 0 Å². The van der Waals surface area contributed by atoms with Gasteiger partial charge in [-0.3, -0.25) is 0 Å². The van der Waals surface area contributed by atoms with Gasteiger partial charge < -0.3 is 5.11 Å². The molecule has 1 N–H and O–H groups in total. The molecule has 2 aliphatic carbocycles. The molecule has 0 saturated heterocycles. The monoisotopic (exact) mass is 182 g/mol. The molecule has 0 aliphatic heterocycles. The summed E-state index contributed by atoms with van der Waals surface area (Å²) in [6.45, 7) is 4.59. The second kappa shape index (κ2) is 2.98. The van der Waals surface area contributed by atoms with Gasteiger partial charge in [-0.25, -0.2) is 0 Å². The fourth-order valence-electron chi connectivity index (χ4n) is 3.00. The summed E-state index contributed by atoms with van der Waals surface area (Å²) in [5.41, 5.74) is 0.0742. The predicted octanol–water partition coefficient (Wildman–Crippen LogP) is 3.12. The fourth-order valence-corrected chi connectivity index (χ4v) is 3.00. The molecule has 1 heteroatoms. The summed E-state index contributed by atoms with van der Waals surface area (Å²) in [5.74, 6) is 0.860. The molecule has 1 unspecified atom stereocenters. The van der Waals surface area contributed by atoms with Gasteiger partial charge in [0.1, 0.15) is 0 Å². The summed E-state index contributed by atoms with van der Waals surface area (Å²) >= 11 is 0. The minimum Gasteiger partial charge on any atom is -0.390 e. The first-order valence-electron chi connectivity index (χ1n) is 5.72. The molecular weight excluding hydrogens is 160 g/mol. The number of hydrogen-bond donors (Lipinski definition) is 1. The van der Waals surface area contributed by atoms with Crippen molar-refractivity contribution in [3.8, 4) is 0 Å². The molecule has 13 heavy (non-hydrogen) atoms. The Balaban J connectivity index is 1.95. The minimum absolute atomic E-state index is 0.303. The van der Waals surface area contributed by atoms with E-state index < -0.39 is 0 Å². The molecule has 0 aromatic rings. The fraction of sp³-hybridized carbons (Fsp3) is 1.00. The van der Waals surface area contributed by atoms with Crippen LogP contribution in [0.1, 0.15) is 58.8 Å². The molecule has 0 heterocycles. The van der Waals surface area contributed by atoms with E-state index in [1.165, 1.54) is 25.7 Å². The number of rotatable bonds is 2. The lowest BCUT2D eigenvalue weighted by Gasteiger charge is -2.41. The van der Waals surface area contributed by atoms with Crippen LogP contribution >= 0.6 is 0 Å². The highest BCUT2D eigenvalue weighted by atomic mass is 16.3. The standard InChI is InChI=1S/C12H22O/c1-11(2)6-3-7-12(13,9-11)8-10-4-5-10/h10,13H,3-9H2,1-2H3. The first-order valence-corrected chi connectivity index (χ1v) is 5.72. The summed E-state index contributed by atoms with van der Waals surface area (Å²) in [6.07, 6.45) is 8.39. The van der Waals surface area contributed by atoms with Crippen molar-refractivity contribution in [2.45, 2.75) is 64.4 Å². The van der Waals surface area contributed by atoms with Crippen LogP contribution in [0.2, 0.25) is 0 Å². The van der Waals surface area contributed by atoms with Gasteiger partial charge in [0.2, 0.25) is 0 Å². The van der Waals surface area contributed by atoms with E-state index >= 15 is 0 Å². The zero-order valence-corrected chi connectivity index (χ0v) is 8.97. The van der Waals surface area contributed by atoms with Gasteiger partial charge in [0.15, 0.2) is 0 Å². The summed E-state index contributed by atoms with van der Waals surface area (Å²) in [4.78, 5) is 0. The molecule has 0 aromatic carbocycles. The van der Waals surface area contributed by atoms with Crippen LogP contribution in [0, 0.1) is 11.3 Å². The minimum atomic E-state index is -0.303. The SMILES string of the molecule is CC1(C)CCCC(O)(CC2CC2)C1. The van der Waals surface area contributed by atoms with E-state index in [1.54, 1.807) is 0 Å². The maximum atomic E-state index is 10.4. The predicted molar refractivity (Wildman–Crippen MR) is 54.5 cm³/mol. The van der Waals surface area contributed by atoms with Crippen molar-refractivity contribution >= 4 is 0 Å². The van der Waals surface area contributed by atoms with Crippen molar-refractivity contribution < 1.29 is 5.11 Å². The third-order valence-electron chi connectivity index (χ3n) is 3.67. The Morgan fingerprint density at radius 2 is 1.92 bits per heavy atom. The highest BCUT2D eigenvalue weighted by Gasteiger charge is 2.41. The second-order valence-corrected chi connectivity index (χ2v) is 6.07. The van der Waals surface area contributed by atoms with Crippen LogP contribution in [0.4, 0.5) is 0 Å². The quantitative estimate of drug-likeness (QED) is 0.695. The first kappa shape index (κ1) is 9.51. The molecule has 2 fully saturated rings. The summed E-state index contributed by atoms with van der Waals surface area (Å²) in [5, 5.41) is 10.4. The van der Waals surface area contributed by atoms with E-state index in [0.29, 0.717) is 5.41 Å².